The van der Waals surface area contributed by atoms with E-state index < -0.39 is 0 Å². The standard InChI is InChI=1S/C25H29.3ClH.Ti/c1-6-7-21-8-9-22(16-21)25(23-12-17(2)10-18(3)13-23)24-14-19(4)11-20(5)15-24;;;;/h8,10-15,25H,6-7,9H2,1-5H3;3*1H;/q-1;;;;+4/p-3. The number of benzene rings is 2. The van der Waals surface area contributed by atoms with Gasteiger partial charge in [0.05, 0.1) is 0 Å². The number of hydrogen-bond donors (Lipinski definition) is 0. The van der Waals surface area contributed by atoms with Crippen molar-refractivity contribution in [2.75, 3.05) is 0 Å². The van der Waals surface area contributed by atoms with E-state index in [4.69, 9.17) is 0 Å². The Kier molecular flexibility index (Phi) is 14.5. The van der Waals surface area contributed by atoms with E-state index in [1.807, 2.05) is 0 Å². The van der Waals surface area contributed by atoms with E-state index in [9.17, 15) is 0 Å². The largest absolute Gasteiger partial charge is 4.00 e. The first kappa shape index (κ1) is 30.7. The van der Waals surface area contributed by atoms with Gasteiger partial charge in [0.25, 0.3) is 0 Å². The topological polar surface area (TPSA) is 0 Å². The third-order valence-corrected chi connectivity index (χ3v) is 4.91. The van der Waals surface area contributed by atoms with Crippen LogP contribution in [0.5, 0.6) is 0 Å². The maximum atomic E-state index is 3.74. The van der Waals surface area contributed by atoms with Crippen LogP contribution in [0.15, 0.2) is 53.6 Å². The number of halogens is 3. The van der Waals surface area contributed by atoms with Crippen LogP contribution < -0.4 is 37.2 Å². The molecule has 0 saturated carbocycles. The Morgan fingerprint density at radius 2 is 1.17 bits per heavy atom. The molecule has 1 aliphatic carbocycles. The summed E-state index contributed by atoms with van der Waals surface area (Å²) in [6, 6.07) is 13.9. The van der Waals surface area contributed by atoms with E-state index in [-0.39, 0.29) is 58.9 Å². The molecule has 0 bridgehead atoms. The van der Waals surface area contributed by atoms with Gasteiger partial charge in [-0.3, -0.25) is 0 Å². The molecule has 1 aliphatic rings. The van der Waals surface area contributed by atoms with Gasteiger partial charge in [0.1, 0.15) is 0 Å². The molecule has 154 valence electrons. The third-order valence-electron chi connectivity index (χ3n) is 4.91. The molecule has 0 unspecified atom stereocenters. The molecule has 2 aromatic carbocycles. The second-order valence-electron chi connectivity index (χ2n) is 7.61. The molecule has 0 N–H and O–H groups in total. The van der Waals surface area contributed by atoms with E-state index in [2.05, 4.69) is 83.2 Å². The average Bonchev–Trinajstić information content (AvgIpc) is 2.94. The zero-order valence-electron chi connectivity index (χ0n) is 17.9. The fourth-order valence-electron chi connectivity index (χ4n) is 4.11. The summed E-state index contributed by atoms with van der Waals surface area (Å²) < 4.78 is 0. The van der Waals surface area contributed by atoms with Crippen LogP contribution in [-0.4, -0.2) is 0 Å². The van der Waals surface area contributed by atoms with Crippen molar-refractivity contribution >= 4 is 0 Å². The Morgan fingerprint density at radius 1 is 0.759 bits per heavy atom. The van der Waals surface area contributed by atoms with Gasteiger partial charge in [-0.25, -0.2) is 17.7 Å². The molecule has 0 atom stereocenters. The van der Waals surface area contributed by atoms with Crippen LogP contribution in [0.25, 0.3) is 0 Å². The summed E-state index contributed by atoms with van der Waals surface area (Å²) in [5.74, 6) is 0.308. The van der Waals surface area contributed by atoms with Crippen LogP contribution in [0, 0.1) is 33.8 Å². The number of rotatable bonds is 5. The Morgan fingerprint density at radius 3 is 1.55 bits per heavy atom. The maximum absolute atomic E-state index is 3.74. The molecule has 0 nitrogen and oxygen atoms in total. The second kappa shape index (κ2) is 13.7. The van der Waals surface area contributed by atoms with Crippen LogP contribution in [0.3, 0.4) is 0 Å². The molecule has 0 radical (unpaired) electrons. The van der Waals surface area contributed by atoms with Gasteiger partial charge in [-0.05, 0) is 38.8 Å². The van der Waals surface area contributed by atoms with Gasteiger partial charge in [-0.15, -0.1) is 0 Å². The minimum atomic E-state index is 0. The van der Waals surface area contributed by atoms with Crippen molar-refractivity contribution in [2.45, 2.75) is 59.8 Å². The zero-order valence-corrected chi connectivity index (χ0v) is 21.7. The first-order valence-corrected chi connectivity index (χ1v) is 9.44. The summed E-state index contributed by atoms with van der Waals surface area (Å²) in [5.41, 5.74) is 10.9. The Hall–Kier alpha value is -0.496. The number of allylic oxidation sites excluding steroid dienone is 4. The molecule has 0 aromatic heterocycles. The van der Waals surface area contributed by atoms with Crippen molar-refractivity contribution in [1.82, 2.24) is 0 Å². The summed E-state index contributed by atoms with van der Waals surface area (Å²) in [6.07, 6.45) is 9.46. The van der Waals surface area contributed by atoms with E-state index in [1.165, 1.54) is 50.9 Å². The summed E-state index contributed by atoms with van der Waals surface area (Å²) in [6.45, 7) is 11.0. The van der Waals surface area contributed by atoms with E-state index in [1.54, 1.807) is 0 Å². The van der Waals surface area contributed by atoms with Crippen molar-refractivity contribution in [3.63, 3.8) is 0 Å². The van der Waals surface area contributed by atoms with Gasteiger partial charge in [-0.2, -0.15) is 5.57 Å². The van der Waals surface area contributed by atoms with Crippen molar-refractivity contribution in [1.29, 1.82) is 0 Å². The van der Waals surface area contributed by atoms with Crippen LogP contribution in [-0.2, 0) is 21.7 Å². The molecule has 0 aliphatic heterocycles. The van der Waals surface area contributed by atoms with Gasteiger partial charge in [0, 0.05) is 5.92 Å². The minimum Gasteiger partial charge on any atom is -1.00 e. The first-order valence-electron chi connectivity index (χ1n) is 9.44. The summed E-state index contributed by atoms with van der Waals surface area (Å²) >= 11 is 0. The van der Waals surface area contributed by atoms with Gasteiger partial charge in [0.15, 0.2) is 0 Å². The maximum Gasteiger partial charge on any atom is 4.00 e. The first-order chi connectivity index (χ1) is 12.0. The SMILES string of the molecule is CCCC1=CCC(C(c2cc(C)cc(C)c2)c2cc(C)cc(C)c2)=[C-]1.[Cl-].[Cl-].[Cl-].[Ti+4]. The van der Waals surface area contributed by atoms with Gasteiger partial charge < -0.3 is 37.2 Å². The molecular formula is C25H29Cl3Ti. The minimum absolute atomic E-state index is 0. The van der Waals surface area contributed by atoms with Crippen LogP contribution >= 0.6 is 0 Å². The Balaban J connectivity index is 0. The zero-order chi connectivity index (χ0) is 18.0. The predicted octanol–water partition coefficient (Wildman–Crippen LogP) is -2.08. The molecule has 0 saturated heterocycles. The van der Waals surface area contributed by atoms with Crippen LogP contribution in [0.2, 0.25) is 0 Å². The smallest absolute Gasteiger partial charge is 1.00 e. The second-order valence-corrected chi connectivity index (χ2v) is 7.61. The molecule has 0 amide bonds. The Labute approximate surface area is 210 Å². The molecule has 0 spiro atoms. The van der Waals surface area contributed by atoms with Crippen LogP contribution in [0.1, 0.15) is 65.5 Å². The third kappa shape index (κ3) is 7.93. The predicted molar refractivity (Wildman–Crippen MR) is 108 cm³/mol. The van der Waals surface area contributed by atoms with Crippen molar-refractivity contribution in [3.8, 4) is 0 Å². The normalized spacial score (nSPS) is 12.1. The van der Waals surface area contributed by atoms with Gasteiger partial charge in [-0.1, -0.05) is 84.8 Å². The molecule has 4 heteroatoms. The van der Waals surface area contributed by atoms with E-state index in [0.29, 0.717) is 5.92 Å². The molecular weight excluding hydrogens is 455 g/mol. The summed E-state index contributed by atoms with van der Waals surface area (Å²) in [7, 11) is 0. The van der Waals surface area contributed by atoms with Crippen LogP contribution in [0.4, 0.5) is 0 Å². The summed E-state index contributed by atoms with van der Waals surface area (Å²) in [4.78, 5) is 0. The van der Waals surface area contributed by atoms with E-state index in [0.717, 1.165) is 12.8 Å². The molecule has 29 heavy (non-hydrogen) atoms. The quantitative estimate of drug-likeness (QED) is 0.339. The average molecular weight is 484 g/mol. The molecule has 3 rings (SSSR count). The number of hydrogen-bond acceptors (Lipinski definition) is 0. The summed E-state index contributed by atoms with van der Waals surface area (Å²) in [5, 5.41) is 0. The van der Waals surface area contributed by atoms with E-state index >= 15 is 0 Å². The van der Waals surface area contributed by atoms with Crippen molar-refractivity contribution < 1.29 is 58.9 Å². The Bertz CT molecular complexity index is 761. The monoisotopic (exact) mass is 482 g/mol. The fourth-order valence-corrected chi connectivity index (χ4v) is 4.11. The van der Waals surface area contributed by atoms with Gasteiger partial charge >= 0.3 is 21.7 Å². The molecule has 2 aromatic rings. The fraction of sp³-hybridized carbons (Fsp3) is 0.360. The van der Waals surface area contributed by atoms with Crippen molar-refractivity contribution in [3.05, 3.63) is 93.1 Å². The van der Waals surface area contributed by atoms with Gasteiger partial charge in [0.2, 0.25) is 0 Å². The molecule has 0 heterocycles. The number of aryl methyl sites for hydroxylation is 4. The van der Waals surface area contributed by atoms with Crippen molar-refractivity contribution in [2.24, 2.45) is 0 Å². The molecule has 0 fully saturated rings.